The fraction of sp³-hybridized carbons (Fsp3) is 0.444. The van der Waals surface area contributed by atoms with Crippen molar-refractivity contribution in [1.29, 1.82) is 0 Å². The van der Waals surface area contributed by atoms with Crippen molar-refractivity contribution in [2.45, 2.75) is 13.3 Å². The number of rotatable bonds is 8. The number of hydrogen-bond donors (Lipinski definition) is 3. The van der Waals surface area contributed by atoms with E-state index in [0.717, 1.165) is 26.2 Å². The summed E-state index contributed by atoms with van der Waals surface area (Å²) in [6.45, 7) is 5.60. The van der Waals surface area contributed by atoms with Gasteiger partial charge in [-0.25, -0.2) is 5.48 Å². The average molecular weight is 387 g/mol. The Balaban J connectivity index is 1.61. The van der Waals surface area contributed by atoms with Crippen LogP contribution in [0, 0.1) is 0 Å². The third-order valence-electron chi connectivity index (χ3n) is 4.33. The summed E-state index contributed by atoms with van der Waals surface area (Å²) < 4.78 is 4.89. The maximum atomic E-state index is 11.4. The van der Waals surface area contributed by atoms with Gasteiger partial charge in [-0.3, -0.25) is 10.0 Å². The van der Waals surface area contributed by atoms with Crippen molar-refractivity contribution in [3.63, 3.8) is 0 Å². The van der Waals surface area contributed by atoms with Crippen LogP contribution in [0.4, 0.5) is 23.5 Å². The van der Waals surface area contributed by atoms with E-state index in [-0.39, 0.29) is 24.3 Å². The van der Waals surface area contributed by atoms with Crippen molar-refractivity contribution < 1.29 is 14.7 Å². The summed E-state index contributed by atoms with van der Waals surface area (Å²) in [5.74, 6) is 0.519. The minimum absolute atomic E-state index is 0.0501. The molecule has 2 heterocycles. The predicted octanol–water partition coefficient (Wildman–Crippen LogP) is 1.36. The average Bonchev–Trinajstić information content (AvgIpc) is 2.74. The number of aromatic nitrogens is 3. The number of carbonyl (C=O) groups excluding carboxylic acids is 1. The number of anilines is 4. The molecule has 0 atom stereocenters. The van der Waals surface area contributed by atoms with Crippen LogP contribution in [-0.2, 0) is 9.53 Å². The van der Waals surface area contributed by atoms with Gasteiger partial charge in [0.2, 0.25) is 11.9 Å². The summed E-state index contributed by atoms with van der Waals surface area (Å²) >= 11 is 0. The van der Waals surface area contributed by atoms with Gasteiger partial charge >= 0.3 is 5.97 Å². The fourth-order valence-corrected chi connectivity index (χ4v) is 2.95. The lowest BCUT2D eigenvalue weighted by molar-refractivity contribution is -0.142. The zero-order valence-electron chi connectivity index (χ0n) is 15.8. The molecule has 1 saturated heterocycles. The Morgan fingerprint density at radius 1 is 1.07 bits per heavy atom. The van der Waals surface area contributed by atoms with Gasteiger partial charge in [0.1, 0.15) is 0 Å². The summed E-state index contributed by atoms with van der Waals surface area (Å²) in [4.78, 5) is 28.5. The Morgan fingerprint density at radius 2 is 1.75 bits per heavy atom. The van der Waals surface area contributed by atoms with Gasteiger partial charge in [-0.15, -0.1) is 0 Å². The second-order valence-electron chi connectivity index (χ2n) is 6.19. The topological polar surface area (TPSA) is 116 Å². The molecule has 1 fully saturated rings. The predicted molar refractivity (Wildman–Crippen MR) is 106 cm³/mol. The number of nitrogens with one attached hydrogen (secondary N) is 2. The first-order chi connectivity index (χ1) is 13.7. The molecular formula is C18H25N7O3. The zero-order chi connectivity index (χ0) is 19.8. The number of hydrogen-bond acceptors (Lipinski definition) is 10. The Labute approximate surface area is 163 Å². The van der Waals surface area contributed by atoms with Crippen LogP contribution >= 0.6 is 0 Å². The first-order valence-electron chi connectivity index (χ1n) is 9.30. The monoisotopic (exact) mass is 387 g/mol. The van der Waals surface area contributed by atoms with E-state index in [4.69, 9.17) is 4.74 Å². The Hall–Kier alpha value is -3.14. The second kappa shape index (κ2) is 9.70. The van der Waals surface area contributed by atoms with Crippen LogP contribution in [0.15, 0.2) is 30.3 Å². The molecule has 28 heavy (non-hydrogen) atoms. The van der Waals surface area contributed by atoms with Crippen LogP contribution in [-0.4, -0.2) is 65.5 Å². The fourth-order valence-electron chi connectivity index (χ4n) is 2.95. The van der Waals surface area contributed by atoms with Crippen LogP contribution in [0.2, 0.25) is 0 Å². The number of esters is 1. The number of carbonyl (C=O) groups is 1. The van der Waals surface area contributed by atoms with Gasteiger partial charge in [0.25, 0.3) is 5.95 Å². The number of nitrogens with zero attached hydrogens (tertiary/aromatic N) is 5. The van der Waals surface area contributed by atoms with Crippen LogP contribution in [0.25, 0.3) is 0 Å². The molecule has 0 amide bonds. The molecule has 3 rings (SSSR count). The summed E-state index contributed by atoms with van der Waals surface area (Å²) in [5.41, 5.74) is 3.16. The minimum atomic E-state index is -0.290. The van der Waals surface area contributed by atoms with Crippen molar-refractivity contribution in [1.82, 2.24) is 15.0 Å². The third-order valence-corrected chi connectivity index (χ3v) is 4.33. The molecule has 0 unspecified atom stereocenters. The van der Waals surface area contributed by atoms with Crippen molar-refractivity contribution in [2.24, 2.45) is 0 Å². The van der Waals surface area contributed by atoms with Gasteiger partial charge in [0.05, 0.1) is 13.0 Å². The van der Waals surface area contributed by atoms with Crippen LogP contribution in [0.1, 0.15) is 13.3 Å². The highest BCUT2D eigenvalue weighted by Crippen LogP contribution is 2.19. The molecule has 1 aromatic heterocycles. The van der Waals surface area contributed by atoms with E-state index >= 15 is 0 Å². The van der Waals surface area contributed by atoms with Crippen LogP contribution < -0.4 is 20.6 Å². The lowest BCUT2D eigenvalue weighted by Crippen LogP contribution is -2.47. The van der Waals surface area contributed by atoms with Crippen molar-refractivity contribution in [3.05, 3.63) is 30.3 Å². The molecule has 0 radical (unpaired) electrons. The number of ether oxygens (including phenoxy) is 1. The molecule has 3 N–H and O–H groups in total. The molecule has 1 aliphatic rings. The van der Waals surface area contributed by atoms with E-state index in [9.17, 15) is 10.0 Å². The number of benzene rings is 1. The maximum Gasteiger partial charge on any atom is 0.307 e. The Morgan fingerprint density at radius 3 is 2.43 bits per heavy atom. The van der Waals surface area contributed by atoms with Crippen LogP contribution in [0.3, 0.4) is 0 Å². The highest BCUT2D eigenvalue weighted by molar-refractivity contribution is 5.69. The Bertz CT molecular complexity index is 767. The molecule has 1 aromatic carbocycles. The summed E-state index contributed by atoms with van der Waals surface area (Å²) in [7, 11) is 0. The summed E-state index contributed by atoms with van der Waals surface area (Å²) in [6.07, 6.45) is 0.201. The summed E-state index contributed by atoms with van der Waals surface area (Å²) in [5, 5.41) is 12.2. The molecule has 0 bridgehead atoms. The lowest BCUT2D eigenvalue weighted by atomic mass is 10.2. The van der Waals surface area contributed by atoms with Gasteiger partial charge in [-0.2, -0.15) is 15.0 Å². The minimum Gasteiger partial charge on any atom is -0.466 e. The molecular weight excluding hydrogens is 362 g/mol. The Kier molecular flexibility index (Phi) is 6.79. The molecule has 1 aliphatic heterocycles. The van der Waals surface area contributed by atoms with Crippen molar-refractivity contribution in [2.75, 3.05) is 59.9 Å². The normalized spacial score (nSPS) is 13.9. The van der Waals surface area contributed by atoms with Crippen LogP contribution in [0.5, 0.6) is 0 Å². The van der Waals surface area contributed by atoms with E-state index in [2.05, 4.69) is 37.3 Å². The third kappa shape index (κ3) is 5.19. The molecule has 10 nitrogen and oxygen atoms in total. The summed E-state index contributed by atoms with van der Waals surface area (Å²) in [6, 6.07) is 10.3. The highest BCUT2D eigenvalue weighted by atomic mass is 16.5. The lowest BCUT2D eigenvalue weighted by Gasteiger charge is -2.36. The standard InChI is InChI=1S/C18H25N7O3/c1-2-28-15(26)8-9-19-16-20-17(23-27)22-18(21-16)25-12-10-24(11-13-25)14-6-4-3-5-7-14/h3-7,27H,2,8-13H2,1H3,(H2,19,20,21,22,23). The number of para-hydroxylation sites is 1. The van der Waals surface area contributed by atoms with Crippen molar-refractivity contribution in [3.8, 4) is 0 Å². The molecule has 0 spiro atoms. The molecule has 150 valence electrons. The van der Waals surface area contributed by atoms with E-state index in [1.165, 1.54) is 5.69 Å². The largest absolute Gasteiger partial charge is 0.466 e. The van der Waals surface area contributed by atoms with E-state index in [1.54, 1.807) is 6.92 Å². The zero-order valence-corrected chi connectivity index (χ0v) is 15.8. The molecule has 0 aliphatic carbocycles. The molecule has 10 heteroatoms. The van der Waals surface area contributed by atoms with Gasteiger partial charge < -0.3 is 19.9 Å². The first kappa shape index (κ1) is 19.6. The highest BCUT2D eigenvalue weighted by Gasteiger charge is 2.20. The first-order valence-corrected chi connectivity index (χ1v) is 9.30. The van der Waals surface area contributed by atoms with E-state index in [1.807, 2.05) is 28.6 Å². The smallest absolute Gasteiger partial charge is 0.307 e. The van der Waals surface area contributed by atoms with Gasteiger partial charge in [0.15, 0.2) is 0 Å². The quantitative estimate of drug-likeness (QED) is 0.453. The van der Waals surface area contributed by atoms with Gasteiger partial charge in [0, 0.05) is 38.4 Å². The van der Waals surface area contributed by atoms with E-state index < -0.39 is 0 Å². The van der Waals surface area contributed by atoms with E-state index in [0.29, 0.717) is 19.1 Å². The van der Waals surface area contributed by atoms with Gasteiger partial charge in [-0.1, -0.05) is 18.2 Å². The SMILES string of the molecule is CCOC(=O)CCNc1nc(NO)nc(N2CCN(c3ccccc3)CC2)n1. The number of piperazine rings is 1. The molecule has 2 aromatic rings. The van der Waals surface area contributed by atoms with Crippen molar-refractivity contribution >= 4 is 29.5 Å². The second-order valence-corrected chi connectivity index (χ2v) is 6.19. The van der Waals surface area contributed by atoms with Gasteiger partial charge in [-0.05, 0) is 19.1 Å². The maximum absolute atomic E-state index is 11.4. The molecule has 0 saturated carbocycles.